The van der Waals surface area contributed by atoms with Crippen LogP contribution in [-0.2, 0) is 9.47 Å². The summed E-state index contributed by atoms with van der Waals surface area (Å²) in [6, 6.07) is 0.211. The fraction of sp³-hybridized carbons (Fsp3) is 0.947. The molecule has 2 fully saturated rings. The highest BCUT2D eigenvalue weighted by molar-refractivity contribution is 5.68. The van der Waals surface area contributed by atoms with Gasteiger partial charge in [0.25, 0.3) is 0 Å². The van der Waals surface area contributed by atoms with Gasteiger partial charge in [-0.25, -0.2) is 4.79 Å². The van der Waals surface area contributed by atoms with Gasteiger partial charge in [-0.3, -0.25) is 0 Å². The Morgan fingerprint density at radius 3 is 2.68 bits per heavy atom. The molecule has 2 aliphatic rings. The maximum absolute atomic E-state index is 12.4. The van der Waals surface area contributed by atoms with E-state index in [1.807, 2.05) is 20.8 Å². The summed E-state index contributed by atoms with van der Waals surface area (Å²) in [4.78, 5) is 14.2. The third kappa shape index (κ3) is 6.76. The summed E-state index contributed by atoms with van der Waals surface area (Å²) in [5, 5.41) is 13.7. The number of hydrogen-bond donors (Lipinski definition) is 2. The van der Waals surface area contributed by atoms with Crippen molar-refractivity contribution >= 4 is 6.09 Å². The molecule has 6 nitrogen and oxygen atoms in total. The minimum atomic E-state index is -0.491. The molecule has 2 N–H and O–H groups in total. The van der Waals surface area contributed by atoms with Crippen LogP contribution >= 0.6 is 0 Å². The van der Waals surface area contributed by atoms with Crippen LogP contribution in [0.25, 0.3) is 0 Å². The van der Waals surface area contributed by atoms with E-state index in [0.717, 1.165) is 19.3 Å². The number of aliphatic hydroxyl groups is 1. The highest BCUT2D eigenvalue weighted by atomic mass is 16.6. The Balaban J connectivity index is 1.80. The second-order valence-electron chi connectivity index (χ2n) is 8.56. The van der Waals surface area contributed by atoms with E-state index in [1.54, 1.807) is 4.90 Å². The molecule has 0 radical (unpaired) electrons. The average Bonchev–Trinajstić information content (AvgIpc) is 3.06. The lowest BCUT2D eigenvalue weighted by Gasteiger charge is -2.38. The van der Waals surface area contributed by atoms with Crippen LogP contribution in [0.1, 0.15) is 59.8 Å². The fourth-order valence-electron chi connectivity index (χ4n) is 3.73. The van der Waals surface area contributed by atoms with Crippen molar-refractivity contribution in [1.82, 2.24) is 10.2 Å². The Labute approximate surface area is 152 Å². The first-order valence-corrected chi connectivity index (χ1v) is 9.75. The lowest BCUT2D eigenvalue weighted by molar-refractivity contribution is -0.0358. The molecular weight excluding hydrogens is 320 g/mol. The molecule has 1 saturated carbocycles. The summed E-state index contributed by atoms with van der Waals surface area (Å²) >= 11 is 0. The quantitative estimate of drug-likeness (QED) is 0.765. The van der Waals surface area contributed by atoms with Gasteiger partial charge >= 0.3 is 6.09 Å². The van der Waals surface area contributed by atoms with Gasteiger partial charge in [-0.2, -0.15) is 0 Å². The third-order valence-corrected chi connectivity index (χ3v) is 5.10. The first-order valence-electron chi connectivity index (χ1n) is 9.75. The van der Waals surface area contributed by atoms with Crippen LogP contribution in [0.5, 0.6) is 0 Å². The summed E-state index contributed by atoms with van der Waals surface area (Å²) in [5.41, 5.74) is -0.491. The van der Waals surface area contributed by atoms with E-state index in [9.17, 15) is 9.90 Å². The largest absolute Gasteiger partial charge is 0.444 e. The van der Waals surface area contributed by atoms with E-state index in [1.165, 1.54) is 12.8 Å². The lowest BCUT2D eigenvalue weighted by Crippen LogP contribution is -2.52. The summed E-state index contributed by atoms with van der Waals surface area (Å²) in [7, 11) is 0. The van der Waals surface area contributed by atoms with E-state index in [4.69, 9.17) is 9.47 Å². The van der Waals surface area contributed by atoms with E-state index >= 15 is 0 Å². The Hall–Kier alpha value is -0.850. The zero-order valence-electron chi connectivity index (χ0n) is 16.3. The van der Waals surface area contributed by atoms with Gasteiger partial charge < -0.3 is 24.8 Å². The highest BCUT2D eigenvalue weighted by Crippen LogP contribution is 2.27. The summed E-state index contributed by atoms with van der Waals surface area (Å²) < 4.78 is 11.1. The predicted octanol–water partition coefficient (Wildman–Crippen LogP) is 2.54. The van der Waals surface area contributed by atoms with Gasteiger partial charge in [-0.05, 0) is 52.9 Å². The first kappa shape index (κ1) is 20.5. The van der Waals surface area contributed by atoms with E-state index < -0.39 is 5.60 Å². The van der Waals surface area contributed by atoms with E-state index in [2.05, 4.69) is 12.2 Å². The monoisotopic (exact) mass is 356 g/mol. The van der Waals surface area contributed by atoms with Crippen molar-refractivity contribution in [3.63, 3.8) is 0 Å². The van der Waals surface area contributed by atoms with Crippen LogP contribution in [0.2, 0.25) is 0 Å². The standard InChI is InChI=1S/C19H36N2O4/c1-14(20-12-17(22)15-7-5-6-8-15)11-16-13-24-10-9-21(16)18(23)25-19(2,3)4/h14-17,20,22H,5-13H2,1-4H3/t14-,16-,17-/m1/s1. The summed E-state index contributed by atoms with van der Waals surface area (Å²) in [6.07, 6.45) is 5.01. The predicted molar refractivity (Wildman–Crippen MR) is 97.6 cm³/mol. The van der Waals surface area contributed by atoms with Crippen LogP contribution in [0, 0.1) is 5.92 Å². The van der Waals surface area contributed by atoms with Crippen molar-refractivity contribution in [2.24, 2.45) is 5.92 Å². The second-order valence-corrected chi connectivity index (χ2v) is 8.56. The number of aliphatic hydroxyl groups excluding tert-OH is 1. The van der Waals surface area contributed by atoms with Gasteiger partial charge in [0.05, 0.1) is 25.4 Å². The molecular formula is C19H36N2O4. The number of nitrogens with one attached hydrogen (secondary N) is 1. The fourth-order valence-corrected chi connectivity index (χ4v) is 3.73. The van der Waals surface area contributed by atoms with Crippen molar-refractivity contribution in [3.05, 3.63) is 0 Å². The molecule has 0 spiro atoms. The molecule has 0 aromatic heterocycles. The van der Waals surface area contributed by atoms with Gasteiger partial charge in [0, 0.05) is 19.1 Å². The Kier molecular flexibility index (Phi) is 7.52. The normalized spacial score (nSPS) is 25.0. The van der Waals surface area contributed by atoms with Crippen molar-refractivity contribution in [3.8, 4) is 0 Å². The van der Waals surface area contributed by atoms with Crippen molar-refractivity contribution < 1.29 is 19.4 Å². The van der Waals surface area contributed by atoms with E-state index in [0.29, 0.717) is 32.2 Å². The van der Waals surface area contributed by atoms with Gasteiger partial charge in [0.2, 0.25) is 0 Å². The topological polar surface area (TPSA) is 71.0 Å². The number of hydrogen-bond acceptors (Lipinski definition) is 5. The van der Waals surface area contributed by atoms with Gasteiger partial charge in [-0.15, -0.1) is 0 Å². The number of nitrogens with zero attached hydrogens (tertiary/aromatic N) is 1. The maximum Gasteiger partial charge on any atom is 0.410 e. The molecule has 0 bridgehead atoms. The highest BCUT2D eigenvalue weighted by Gasteiger charge is 2.32. The molecule has 1 saturated heterocycles. The van der Waals surface area contributed by atoms with Crippen molar-refractivity contribution in [2.45, 2.75) is 83.6 Å². The zero-order valence-corrected chi connectivity index (χ0v) is 16.3. The number of carbonyl (C=O) groups is 1. The molecule has 0 aromatic carbocycles. The molecule has 146 valence electrons. The van der Waals surface area contributed by atoms with Crippen LogP contribution in [0.15, 0.2) is 0 Å². The number of carbonyl (C=O) groups excluding carboxylic acids is 1. The van der Waals surface area contributed by atoms with Crippen LogP contribution < -0.4 is 5.32 Å². The zero-order chi connectivity index (χ0) is 18.4. The number of morpholine rings is 1. The van der Waals surface area contributed by atoms with E-state index in [-0.39, 0.29) is 24.3 Å². The maximum atomic E-state index is 12.4. The molecule has 1 aliphatic carbocycles. The minimum Gasteiger partial charge on any atom is -0.444 e. The Bertz CT molecular complexity index is 418. The molecule has 0 aromatic rings. The smallest absolute Gasteiger partial charge is 0.410 e. The molecule has 1 aliphatic heterocycles. The second kappa shape index (κ2) is 9.19. The molecule has 1 heterocycles. The summed E-state index contributed by atoms with van der Waals surface area (Å²) in [5.74, 6) is 0.441. The molecule has 0 unspecified atom stereocenters. The van der Waals surface area contributed by atoms with Gasteiger partial charge in [-0.1, -0.05) is 12.8 Å². The lowest BCUT2D eigenvalue weighted by atomic mass is 10.00. The Morgan fingerprint density at radius 2 is 2.04 bits per heavy atom. The Morgan fingerprint density at radius 1 is 1.36 bits per heavy atom. The first-order chi connectivity index (χ1) is 11.8. The van der Waals surface area contributed by atoms with Crippen LogP contribution in [0.3, 0.4) is 0 Å². The van der Waals surface area contributed by atoms with Gasteiger partial charge in [0.1, 0.15) is 5.60 Å². The average molecular weight is 357 g/mol. The number of amides is 1. The van der Waals surface area contributed by atoms with Crippen molar-refractivity contribution in [1.29, 1.82) is 0 Å². The molecule has 1 amide bonds. The number of rotatable bonds is 6. The number of ether oxygens (including phenoxy) is 2. The third-order valence-electron chi connectivity index (χ3n) is 5.10. The SMILES string of the molecule is C[C@H](C[C@@H]1COCCN1C(=O)OC(C)(C)C)NC[C@@H](O)C1CCCC1. The molecule has 2 rings (SSSR count). The van der Waals surface area contributed by atoms with Crippen LogP contribution in [-0.4, -0.2) is 66.2 Å². The van der Waals surface area contributed by atoms with Gasteiger partial charge in [0.15, 0.2) is 0 Å². The molecule has 3 atom stereocenters. The van der Waals surface area contributed by atoms with Crippen LogP contribution in [0.4, 0.5) is 4.79 Å². The summed E-state index contributed by atoms with van der Waals surface area (Å²) in [6.45, 7) is 10.0. The van der Waals surface area contributed by atoms with Crippen molar-refractivity contribution in [2.75, 3.05) is 26.3 Å². The molecule has 6 heteroatoms. The molecule has 25 heavy (non-hydrogen) atoms. The minimum absolute atomic E-state index is 0.00900.